The second kappa shape index (κ2) is 6.99. The molecule has 0 spiro atoms. The van der Waals surface area contributed by atoms with E-state index in [1.807, 2.05) is 0 Å². The minimum absolute atomic E-state index is 0.118. The normalized spacial score (nSPS) is 10.3. The maximum absolute atomic E-state index is 13.1. The van der Waals surface area contributed by atoms with Crippen LogP contribution in [0.4, 0.5) is 10.1 Å². The summed E-state index contributed by atoms with van der Waals surface area (Å²) in [7, 11) is 0. The van der Waals surface area contributed by atoms with Gasteiger partial charge in [-0.25, -0.2) is 9.18 Å². The molecule has 0 aliphatic carbocycles. The molecule has 3 N–H and O–H groups in total. The number of carbonyl (C=O) groups is 1. The summed E-state index contributed by atoms with van der Waals surface area (Å²) in [6.45, 7) is 0.297. The van der Waals surface area contributed by atoms with Gasteiger partial charge in [0.2, 0.25) is 0 Å². The van der Waals surface area contributed by atoms with Crippen molar-refractivity contribution in [2.45, 2.75) is 4.90 Å². The lowest BCUT2D eigenvalue weighted by Gasteiger charge is -2.09. The third-order valence-corrected chi connectivity index (χ3v) is 3.73. The summed E-state index contributed by atoms with van der Waals surface area (Å²) in [4.78, 5) is 11.7. The van der Waals surface area contributed by atoms with Crippen molar-refractivity contribution in [1.29, 1.82) is 0 Å². The number of carboxylic acid groups (broad SMARTS) is 1. The van der Waals surface area contributed by atoms with Crippen molar-refractivity contribution in [2.24, 2.45) is 0 Å². The molecular weight excluding hydrogens is 293 g/mol. The number of anilines is 1. The van der Waals surface area contributed by atoms with Gasteiger partial charge in [0.15, 0.2) is 0 Å². The third kappa shape index (κ3) is 4.13. The Hall–Kier alpha value is -2.21. The maximum Gasteiger partial charge on any atom is 0.339 e. The maximum atomic E-state index is 13.1. The second-order valence-electron chi connectivity index (χ2n) is 4.18. The number of thioether (sulfide) groups is 1. The predicted octanol–water partition coefficient (Wildman–Crippen LogP) is 3.28. The fraction of sp³-hybridized carbons (Fsp3) is 0.133. The molecule has 0 fully saturated rings. The van der Waals surface area contributed by atoms with Gasteiger partial charge in [0.05, 0.1) is 6.61 Å². The van der Waals surface area contributed by atoms with Gasteiger partial charge in [-0.1, -0.05) is 12.1 Å². The summed E-state index contributed by atoms with van der Waals surface area (Å²) in [5, 5.41) is 9.02. The zero-order valence-corrected chi connectivity index (χ0v) is 11.9. The summed E-state index contributed by atoms with van der Waals surface area (Å²) in [5.41, 5.74) is 6.37. The van der Waals surface area contributed by atoms with E-state index in [0.29, 0.717) is 28.7 Å². The molecule has 0 saturated heterocycles. The molecule has 4 nitrogen and oxygen atoms in total. The van der Waals surface area contributed by atoms with E-state index in [9.17, 15) is 9.18 Å². The number of para-hydroxylation sites is 1. The molecule has 2 aromatic carbocycles. The van der Waals surface area contributed by atoms with Gasteiger partial charge in [-0.3, -0.25) is 0 Å². The summed E-state index contributed by atoms with van der Waals surface area (Å²) < 4.78 is 18.6. The number of nitrogen functional groups attached to an aromatic ring is 1. The van der Waals surface area contributed by atoms with Crippen LogP contribution in [0.5, 0.6) is 5.75 Å². The Bertz CT molecular complexity index is 649. The van der Waals surface area contributed by atoms with Crippen LogP contribution in [0.1, 0.15) is 10.4 Å². The van der Waals surface area contributed by atoms with Gasteiger partial charge in [-0.15, -0.1) is 11.8 Å². The number of rotatable bonds is 6. The number of aromatic carboxylic acids is 1. The first-order valence-electron chi connectivity index (χ1n) is 6.21. The highest BCUT2D eigenvalue weighted by Crippen LogP contribution is 2.26. The standard InChI is InChI=1S/C15H14FNO3S/c16-10-5-6-12(17)14(9-10)21-8-7-20-13-4-2-1-3-11(13)15(18)19/h1-6,9H,7-8,17H2,(H,18,19). The van der Waals surface area contributed by atoms with Gasteiger partial charge in [0, 0.05) is 16.3 Å². The molecule has 0 heterocycles. The van der Waals surface area contributed by atoms with Crippen molar-refractivity contribution < 1.29 is 19.0 Å². The summed E-state index contributed by atoms with van der Waals surface area (Å²) >= 11 is 1.36. The smallest absolute Gasteiger partial charge is 0.339 e. The van der Waals surface area contributed by atoms with Crippen LogP contribution >= 0.6 is 11.8 Å². The van der Waals surface area contributed by atoms with E-state index in [1.165, 1.54) is 36.0 Å². The lowest BCUT2D eigenvalue weighted by molar-refractivity contribution is 0.0692. The molecule has 2 rings (SSSR count). The summed E-state index contributed by atoms with van der Waals surface area (Å²) in [6.07, 6.45) is 0. The lowest BCUT2D eigenvalue weighted by Crippen LogP contribution is -2.06. The zero-order valence-electron chi connectivity index (χ0n) is 11.1. The Morgan fingerprint density at radius 1 is 1.29 bits per heavy atom. The molecule has 0 aromatic heterocycles. The number of halogens is 1. The Balaban J connectivity index is 1.91. The molecule has 21 heavy (non-hydrogen) atoms. The van der Waals surface area contributed by atoms with Crippen LogP contribution in [0.2, 0.25) is 0 Å². The van der Waals surface area contributed by atoms with Gasteiger partial charge in [0.1, 0.15) is 17.1 Å². The molecule has 0 unspecified atom stereocenters. The Kier molecular flexibility index (Phi) is 5.05. The van der Waals surface area contributed by atoms with Crippen molar-refractivity contribution in [3.8, 4) is 5.75 Å². The van der Waals surface area contributed by atoms with Crippen LogP contribution in [0.15, 0.2) is 47.4 Å². The first-order valence-corrected chi connectivity index (χ1v) is 7.19. The molecule has 0 aliphatic heterocycles. The van der Waals surface area contributed by atoms with E-state index < -0.39 is 5.97 Å². The topological polar surface area (TPSA) is 72.5 Å². The highest BCUT2D eigenvalue weighted by molar-refractivity contribution is 7.99. The number of benzene rings is 2. The Morgan fingerprint density at radius 3 is 2.81 bits per heavy atom. The van der Waals surface area contributed by atoms with Crippen molar-refractivity contribution in [1.82, 2.24) is 0 Å². The number of carboxylic acids is 1. The minimum Gasteiger partial charge on any atom is -0.492 e. The molecule has 2 aromatic rings. The first-order chi connectivity index (χ1) is 10.1. The number of ether oxygens (including phenoxy) is 1. The number of hydrogen-bond acceptors (Lipinski definition) is 4. The molecule has 0 aliphatic rings. The molecule has 0 amide bonds. The highest BCUT2D eigenvalue weighted by Gasteiger charge is 2.10. The van der Waals surface area contributed by atoms with Gasteiger partial charge in [0.25, 0.3) is 0 Å². The second-order valence-corrected chi connectivity index (χ2v) is 5.32. The molecule has 110 valence electrons. The van der Waals surface area contributed by atoms with E-state index in [1.54, 1.807) is 18.2 Å². The summed E-state index contributed by atoms with van der Waals surface area (Å²) in [5.74, 6) is -0.531. The van der Waals surface area contributed by atoms with Crippen molar-refractivity contribution in [3.63, 3.8) is 0 Å². The Labute approximate surface area is 125 Å². The molecule has 0 bridgehead atoms. The quantitative estimate of drug-likeness (QED) is 0.487. The van der Waals surface area contributed by atoms with Gasteiger partial charge in [-0.05, 0) is 30.3 Å². The molecule has 0 radical (unpaired) electrons. The minimum atomic E-state index is -1.03. The Morgan fingerprint density at radius 2 is 2.05 bits per heavy atom. The molecule has 0 saturated carbocycles. The molecule has 0 atom stereocenters. The largest absolute Gasteiger partial charge is 0.492 e. The third-order valence-electron chi connectivity index (χ3n) is 2.69. The van der Waals surface area contributed by atoms with E-state index >= 15 is 0 Å². The van der Waals surface area contributed by atoms with Crippen LogP contribution in [0, 0.1) is 5.82 Å². The SMILES string of the molecule is Nc1ccc(F)cc1SCCOc1ccccc1C(=O)O. The van der Waals surface area contributed by atoms with E-state index in [-0.39, 0.29) is 11.4 Å². The van der Waals surface area contributed by atoms with E-state index in [2.05, 4.69) is 0 Å². The number of nitrogens with two attached hydrogens (primary N) is 1. The molecule has 6 heteroatoms. The van der Waals surface area contributed by atoms with Gasteiger partial charge in [-0.2, -0.15) is 0 Å². The highest BCUT2D eigenvalue weighted by atomic mass is 32.2. The first kappa shape index (κ1) is 15.2. The predicted molar refractivity (Wildman–Crippen MR) is 80.4 cm³/mol. The zero-order chi connectivity index (χ0) is 15.2. The lowest BCUT2D eigenvalue weighted by atomic mass is 10.2. The van der Waals surface area contributed by atoms with Gasteiger partial charge < -0.3 is 15.6 Å². The summed E-state index contributed by atoms with van der Waals surface area (Å²) in [6, 6.07) is 10.6. The van der Waals surface area contributed by atoms with Crippen molar-refractivity contribution in [3.05, 3.63) is 53.8 Å². The average molecular weight is 307 g/mol. The van der Waals surface area contributed by atoms with Crippen LogP contribution in [0.25, 0.3) is 0 Å². The average Bonchev–Trinajstić information content (AvgIpc) is 2.47. The van der Waals surface area contributed by atoms with Crippen molar-refractivity contribution in [2.75, 3.05) is 18.1 Å². The van der Waals surface area contributed by atoms with Crippen LogP contribution < -0.4 is 10.5 Å². The van der Waals surface area contributed by atoms with Gasteiger partial charge >= 0.3 is 5.97 Å². The van der Waals surface area contributed by atoms with E-state index in [4.69, 9.17) is 15.6 Å². The fourth-order valence-corrected chi connectivity index (χ4v) is 2.52. The van der Waals surface area contributed by atoms with Crippen LogP contribution in [-0.2, 0) is 0 Å². The number of hydrogen-bond donors (Lipinski definition) is 2. The molecular formula is C15H14FNO3S. The van der Waals surface area contributed by atoms with Crippen LogP contribution in [0.3, 0.4) is 0 Å². The van der Waals surface area contributed by atoms with Crippen LogP contribution in [-0.4, -0.2) is 23.4 Å². The monoisotopic (exact) mass is 307 g/mol. The fourth-order valence-electron chi connectivity index (χ4n) is 1.71. The van der Waals surface area contributed by atoms with E-state index in [0.717, 1.165) is 0 Å². The van der Waals surface area contributed by atoms with Crippen molar-refractivity contribution >= 4 is 23.4 Å².